The highest BCUT2D eigenvalue weighted by molar-refractivity contribution is 5.83. The van der Waals surface area contributed by atoms with Crippen LogP contribution in [0.25, 0.3) is 27.8 Å². The predicted octanol–water partition coefficient (Wildman–Crippen LogP) is 1.20. The molecule has 2 heterocycles. The Hall–Kier alpha value is -2.64. The molecule has 0 aromatic carbocycles. The molecule has 2 aromatic rings. The first-order chi connectivity index (χ1) is 9.22. The van der Waals surface area contributed by atoms with E-state index in [-0.39, 0.29) is 24.3 Å². The normalized spacial score (nSPS) is 19.6. The number of hydrogen-bond donors (Lipinski definition) is 2. The number of rotatable bonds is 3. The third-order valence-corrected chi connectivity index (χ3v) is 2.93. The Morgan fingerprint density at radius 1 is 1.63 bits per heavy atom. The Kier molecular flexibility index (Phi) is 2.55. The van der Waals surface area contributed by atoms with Gasteiger partial charge in [-0.3, -0.25) is 4.57 Å². The number of aromatic nitrogens is 4. The maximum atomic E-state index is 9.01. The SMILES string of the molecule is [N-]=[N+]=Nc1nc(N)nc2c1ncn2/C=C1/CC1CO. The fourth-order valence-electron chi connectivity index (χ4n) is 1.87. The van der Waals surface area contributed by atoms with E-state index < -0.39 is 0 Å². The summed E-state index contributed by atoms with van der Waals surface area (Å²) in [7, 11) is 0. The van der Waals surface area contributed by atoms with Crippen molar-refractivity contribution in [2.75, 3.05) is 12.3 Å². The van der Waals surface area contributed by atoms with Crippen molar-refractivity contribution in [1.29, 1.82) is 0 Å². The summed E-state index contributed by atoms with van der Waals surface area (Å²) in [5.41, 5.74) is 16.0. The van der Waals surface area contributed by atoms with Crippen molar-refractivity contribution in [2.24, 2.45) is 11.0 Å². The van der Waals surface area contributed by atoms with Crippen LogP contribution >= 0.6 is 0 Å². The zero-order chi connectivity index (χ0) is 13.4. The second kappa shape index (κ2) is 4.23. The summed E-state index contributed by atoms with van der Waals surface area (Å²) in [5, 5.41) is 12.5. The Labute approximate surface area is 107 Å². The van der Waals surface area contributed by atoms with Crippen molar-refractivity contribution in [3.05, 3.63) is 22.3 Å². The van der Waals surface area contributed by atoms with Crippen LogP contribution in [0, 0.1) is 5.92 Å². The van der Waals surface area contributed by atoms with Crippen molar-refractivity contribution < 1.29 is 5.11 Å². The number of aliphatic hydroxyl groups is 1. The van der Waals surface area contributed by atoms with E-state index in [1.807, 2.05) is 6.20 Å². The van der Waals surface area contributed by atoms with Crippen molar-refractivity contribution in [1.82, 2.24) is 19.5 Å². The van der Waals surface area contributed by atoms with Gasteiger partial charge >= 0.3 is 0 Å². The van der Waals surface area contributed by atoms with Gasteiger partial charge in [0.25, 0.3) is 0 Å². The Morgan fingerprint density at radius 2 is 2.47 bits per heavy atom. The first-order valence-electron chi connectivity index (χ1n) is 5.59. The van der Waals surface area contributed by atoms with Crippen LogP contribution in [0.2, 0.25) is 0 Å². The van der Waals surface area contributed by atoms with Crippen LogP contribution in [0.5, 0.6) is 0 Å². The van der Waals surface area contributed by atoms with E-state index in [0.717, 1.165) is 12.0 Å². The summed E-state index contributed by atoms with van der Waals surface area (Å²) in [6, 6.07) is 0. The number of nitrogen functional groups attached to an aromatic ring is 1. The first-order valence-corrected chi connectivity index (χ1v) is 5.59. The maximum Gasteiger partial charge on any atom is 0.222 e. The smallest absolute Gasteiger partial charge is 0.222 e. The van der Waals surface area contributed by atoms with E-state index in [9.17, 15) is 0 Å². The molecular formula is C10H10N8O. The van der Waals surface area contributed by atoms with Gasteiger partial charge in [0.05, 0.1) is 0 Å². The summed E-state index contributed by atoms with van der Waals surface area (Å²) in [4.78, 5) is 14.7. The first kappa shape index (κ1) is 11.5. The van der Waals surface area contributed by atoms with E-state index in [1.54, 1.807) is 10.9 Å². The number of hydrogen-bond acceptors (Lipinski definition) is 6. The highest BCUT2D eigenvalue weighted by Crippen LogP contribution is 2.38. The second-order valence-electron chi connectivity index (χ2n) is 4.21. The van der Waals surface area contributed by atoms with Gasteiger partial charge in [-0.15, -0.1) is 0 Å². The number of anilines is 1. The third kappa shape index (κ3) is 1.96. The number of nitrogens with two attached hydrogens (primary N) is 1. The van der Waals surface area contributed by atoms with Gasteiger partial charge in [0.2, 0.25) is 5.95 Å². The lowest BCUT2D eigenvalue weighted by Crippen LogP contribution is -1.97. The standard InChI is InChI=1S/C10H10N8O/c11-10-14-8(16-17-12)7-9(15-10)18(4-13-7)2-5-1-6(5)3-19/h2,4,6,19H,1,3H2,(H2,11,14,15)/b5-2-. The Bertz CT molecular complexity index is 726. The fraction of sp³-hybridized carbons (Fsp3) is 0.300. The molecular weight excluding hydrogens is 248 g/mol. The van der Waals surface area contributed by atoms with Crippen LogP contribution in [-0.2, 0) is 0 Å². The zero-order valence-corrected chi connectivity index (χ0v) is 9.80. The monoisotopic (exact) mass is 258 g/mol. The van der Waals surface area contributed by atoms with Crippen molar-refractivity contribution in [2.45, 2.75) is 6.42 Å². The molecule has 0 spiro atoms. The summed E-state index contributed by atoms with van der Waals surface area (Å²) in [5.74, 6) is 0.342. The van der Waals surface area contributed by atoms with Crippen LogP contribution in [0.1, 0.15) is 6.42 Å². The topological polar surface area (TPSA) is 139 Å². The number of nitrogens with zero attached hydrogens (tertiary/aromatic N) is 7. The predicted molar refractivity (Wildman–Crippen MR) is 68.0 cm³/mol. The molecule has 2 aromatic heterocycles. The van der Waals surface area contributed by atoms with E-state index in [4.69, 9.17) is 16.4 Å². The molecule has 0 radical (unpaired) electrons. The van der Waals surface area contributed by atoms with Gasteiger partial charge in [0.15, 0.2) is 11.5 Å². The lowest BCUT2D eigenvalue weighted by Gasteiger charge is -1.98. The maximum absolute atomic E-state index is 9.01. The highest BCUT2D eigenvalue weighted by Gasteiger charge is 2.28. The second-order valence-corrected chi connectivity index (χ2v) is 4.21. The number of azide groups is 1. The van der Waals surface area contributed by atoms with Crippen LogP contribution in [-0.4, -0.2) is 31.2 Å². The molecule has 9 heteroatoms. The molecule has 19 heavy (non-hydrogen) atoms. The molecule has 1 aliphatic carbocycles. The van der Waals surface area contributed by atoms with Gasteiger partial charge in [0.1, 0.15) is 11.8 Å². The van der Waals surface area contributed by atoms with Gasteiger partial charge in [-0.25, -0.2) is 9.97 Å². The number of aliphatic hydroxyl groups excluding tert-OH is 1. The zero-order valence-electron chi connectivity index (χ0n) is 9.80. The van der Waals surface area contributed by atoms with Gasteiger partial charge in [0, 0.05) is 23.6 Å². The molecule has 3 N–H and O–H groups in total. The van der Waals surface area contributed by atoms with E-state index in [0.29, 0.717) is 11.2 Å². The molecule has 0 saturated heterocycles. The summed E-state index contributed by atoms with van der Waals surface area (Å²) in [6.07, 6.45) is 4.26. The van der Waals surface area contributed by atoms with Crippen LogP contribution in [0.4, 0.5) is 11.8 Å². The molecule has 3 rings (SSSR count). The third-order valence-electron chi connectivity index (χ3n) is 2.93. The molecule has 96 valence electrons. The minimum Gasteiger partial charge on any atom is -0.396 e. The molecule has 1 atom stereocenters. The van der Waals surface area contributed by atoms with Gasteiger partial charge in [-0.1, -0.05) is 0 Å². The van der Waals surface area contributed by atoms with Gasteiger partial charge < -0.3 is 10.8 Å². The molecule has 1 saturated carbocycles. The summed E-state index contributed by atoms with van der Waals surface area (Å²) < 4.78 is 1.69. The van der Waals surface area contributed by atoms with Crippen LogP contribution < -0.4 is 5.73 Å². The van der Waals surface area contributed by atoms with Gasteiger partial charge in [-0.05, 0) is 22.6 Å². The van der Waals surface area contributed by atoms with E-state index in [1.165, 1.54) is 0 Å². The number of fused-ring (bicyclic) bond motifs is 1. The van der Waals surface area contributed by atoms with Crippen molar-refractivity contribution in [3.63, 3.8) is 0 Å². The molecule has 9 nitrogen and oxygen atoms in total. The Morgan fingerprint density at radius 3 is 3.16 bits per heavy atom. The quantitative estimate of drug-likeness (QED) is 0.483. The lowest BCUT2D eigenvalue weighted by atomic mass is 10.4. The molecule has 1 fully saturated rings. The lowest BCUT2D eigenvalue weighted by molar-refractivity contribution is 0.281. The van der Waals surface area contributed by atoms with Crippen molar-refractivity contribution >= 4 is 29.1 Å². The summed E-state index contributed by atoms with van der Waals surface area (Å²) >= 11 is 0. The average molecular weight is 258 g/mol. The molecule has 1 unspecified atom stereocenters. The van der Waals surface area contributed by atoms with Crippen molar-refractivity contribution in [3.8, 4) is 0 Å². The molecule has 1 aliphatic rings. The highest BCUT2D eigenvalue weighted by atomic mass is 16.3. The average Bonchev–Trinajstić information content (AvgIpc) is 3.03. The Balaban J connectivity index is 2.13. The molecule has 0 amide bonds. The molecule has 0 aliphatic heterocycles. The minimum atomic E-state index is 0.0181. The summed E-state index contributed by atoms with van der Waals surface area (Å²) in [6.45, 7) is 0.138. The largest absolute Gasteiger partial charge is 0.396 e. The number of imidazole rings is 1. The van der Waals surface area contributed by atoms with Gasteiger partial charge in [-0.2, -0.15) is 4.98 Å². The van der Waals surface area contributed by atoms with Crippen LogP contribution in [0.3, 0.4) is 0 Å². The fourth-order valence-corrected chi connectivity index (χ4v) is 1.87. The molecule has 0 bridgehead atoms. The van der Waals surface area contributed by atoms with Crippen LogP contribution in [0.15, 0.2) is 17.0 Å². The van der Waals surface area contributed by atoms with E-state index >= 15 is 0 Å². The van der Waals surface area contributed by atoms with E-state index in [2.05, 4.69) is 25.0 Å². The minimum absolute atomic E-state index is 0.0181.